The highest BCUT2D eigenvalue weighted by molar-refractivity contribution is 5.92. The number of imidazole rings is 1. The molecule has 2 aromatic heterocycles. The van der Waals surface area contributed by atoms with Gasteiger partial charge < -0.3 is 10.1 Å². The SMILES string of the molecule is Cc1nc(Oc2ccc(NC(=O)C(C)C)cc2)cc(-n2ccnc2C)n1. The zero-order chi connectivity index (χ0) is 18.7. The Labute approximate surface area is 152 Å². The molecule has 0 aliphatic rings. The molecule has 3 rings (SSSR count). The summed E-state index contributed by atoms with van der Waals surface area (Å²) < 4.78 is 7.71. The Kier molecular flexibility index (Phi) is 4.97. The molecule has 0 aliphatic heterocycles. The number of carbonyl (C=O) groups is 1. The number of amides is 1. The summed E-state index contributed by atoms with van der Waals surface area (Å²) >= 11 is 0. The molecule has 1 aromatic carbocycles. The lowest BCUT2D eigenvalue weighted by molar-refractivity contribution is -0.118. The molecule has 0 radical (unpaired) electrons. The molecule has 26 heavy (non-hydrogen) atoms. The molecular formula is C19H21N5O2. The second kappa shape index (κ2) is 7.35. The molecule has 0 saturated heterocycles. The first-order valence-corrected chi connectivity index (χ1v) is 8.37. The fourth-order valence-electron chi connectivity index (χ4n) is 2.33. The highest BCUT2D eigenvalue weighted by Gasteiger charge is 2.09. The van der Waals surface area contributed by atoms with Gasteiger partial charge in [-0.1, -0.05) is 13.8 Å². The first-order chi connectivity index (χ1) is 12.4. The van der Waals surface area contributed by atoms with Crippen molar-refractivity contribution in [3.05, 3.63) is 54.4 Å². The first-order valence-electron chi connectivity index (χ1n) is 8.37. The third kappa shape index (κ3) is 4.05. The Morgan fingerprint density at radius 1 is 1.15 bits per heavy atom. The average molecular weight is 351 g/mol. The normalized spacial score (nSPS) is 10.8. The van der Waals surface area contributed by atoms with Gasteiger partial charge >= 0.3 is 0 Å². The number of carbonyl (C=O) groups excluding carboxylic acids is 1. The van der Waals surface area contributed by atoms with Gasteiger partial charge in [0.2, 0.25) is 11.8 Å². The maximum Gasteiger partial charge on any atom is 0.226 e. The molecule has 0 bridgehead atoms. The van der Waals surface area contributed by atoms with Crippen LogP contribution in [0, 0.1) is 19.8 Å². The molecule has 0 saturated carbocycles. The van der Waals surface area contributed by atoms with E-state index in [9.17, 15) is 4.79 Å². The van der Waals surface area contributed by atoms with Gasteiger partial charge in [0.1, 0.15) is 23.2 Å². The van der Waals surface area contributed by atoms with Gasteiger partial charge in [-0.3, -0.25) is 9.36 Å². The fourth-order valence-corrected chi connectivity index (χ4v) is 2.33. The maximum atomic E-state index is 11.7. The predicted octanol–water partition coefficient (Wildman–Crippen LogP) is 3.67. The van der Waals surface area contributed by atoms with Crippen molar-refractivity contribution in [2.24, 2.45) is 5.92 Å². The van der Waals surface area contributed by atoms with Gasteiger partial charge in [0, 0.05) is 30.1 Å². The summed E-state index contributed by atoms with van der Waals surface area (Å²) in [7, 11) is 0. The number of ether oxygens (including phenoxy) is 1. The summed E-state index contributed by atoms with van der Waals surface area (Å²) in [5, 5.41) is 2.85. The van der Waals surface area contributed by atoms with Crippen molar-refractivity contribution < 1.29 is 9.53 Å². The summed E-state index contributed by atoms with van der Waals surface area (Å²) in [5.41, 5.74) is 0.727. The van der Waals surface area contributed by atoms with E-state index < -0.39 is 0 Å². The van der Waals surface area contributed by atoms with Crippen LogP contribution in [-0.4, -0.2) is 25.4 Å². The van der Waals surface area contributed by atoms with E-state index in [1.165, 1.54) is 0 Å². The third-order valence-corrected chi connectivity index (χ3v) is 3.74. The lowest BCUT2D eigenvalue weighted by Crippen LogP contribution is -2.17. The Bertz CT molecular complexity index is 916. The van der Waals surface area contributed by atoms with E-state index in [0.717, 1.165) is 11.5 Å². The van der Waals surface area contributed by atoms with Crippen molar-refractivity contribution in [1.82, 2.24) is 19.5 Å². The van der Waals surface area contributed by atoms with Crippen LogP contribution in [0.25, 0.3) is 5.82 Å². The van der Waals surface area contributed by atoms with Crippen LogP contribution < -0.4 is 10.1 Å². The van der Waals surface area contributed by atoms with E-state index in [1.807, 2.05) is 38.5 Å². The molecule has 0 spiro atoms. The predicted molar refractivity (Wildman–Crippen MR) is 98.6 cm³/mol. The van der Waals surface area contributed by atoms with Crippen LogP contribution in [0.15, 0.2) is 42.7 Å². The molecule has 3 aromatic rings. The highest BCUT2D eigenvalue weighted by atomic mass is 16.5. The molecule has 1 amide bonds. The molecule has 0 fully saturated rings. The molecule has 0 atom stereocenters. The van der Waals surface area contributed by atoms with E-state index in [-0.39, 0.29) is 11.8 Å². The number of anilines is 1. The second-order valence-corrected chi connectivity index (χ2v) is 6.23. The summed E-state index contributed by atoms with van der Waals surface area (Å²) in [5.74, 6) is 3.11. The van der Waals surface area contributed by atoms with E-state index in [1.54, 1.807) is 36.5 Å². The lowest BCUT2D eigenvalue weighted by Gasteiger charge is -2.11. The van der Waals surface area contributed by atoms with Crippen LogP contribution >= 0.6 is 0 Å². The van der Waals surface area contributed by atoms with Crippen LogP contribution in [0.5, 0.6) is 11.6 Å². The van der Waals surface area contributed by atoms with Crippen LogP contribution in [-0.2, 0) is 4.79 Å². The molecule has 134 valence electrons. The van der Waals surface area contributed by atoms with E-state index in [4.69, 9.17) is 4.74 Å². The second-order valence-electron chi connectivity index (χ2n) is 6.23. The van der Waals surface area contributed by atoms with Crippen LogP contribution in [0.2, 0.25) is 0 Å². The molecule has 1 N–H and O–H groups in total. The Hall–Kier alpha value is -3.22. The highest BCUT2D eigenvalue weighted by Crippen LogP contribution is 2.23. The minimum Gasteiger partial charge on any atom is -0.439 e. The lowest BCUT2D eigenvalue weighted by atomic mass is 10.2. The molecule has 7 heteroatoms. The van der Waals surface area contributed by atoms with Crippen LogP contribution in [0.3, 0.4) is 0 Å². The van der Waals surface area contributed by atoms with E-state index >= 15 is 0 Å². The monoisotopic (exact) mass is 351 g/mol. The van der Waals surface area contributed by atoms with Gasteiger partial charge in [-0.25, -0.2) is 9.97 Å². The van der Waals surface area contributed by atoms with Gasteiger partial charge in [-0.05, 0) is 38.1 Å². The molecular weight excluding hydrogens is 330 g/mol. The van der Waals surface area contributed by atoms with Crippen molar-refractivity contribution in [2.75, 3.05) is 5.32 Å². The zero-order valence-electron chi connectivity index (χ0n) is 15.2. The van der Waals surface area contributed by atoms with Crippen LogP contribution in [0.4, 0.5) is 5.69 Å². The Morgan fingerprint density at radius 3 is 2.50 bits per heavy atom. The summed E-state index contributed by atoms with van der Waals surface area (Å²) in [6.07, 6.45) is 3.56. The summed E-state index contributed by atoms with van der Waals surface area (Å²) in [4.78, 5) is 24.7. The molecule has 0 unspecified atom stereocenters. The zero-order valence-corrected chi connectivity index (χ0v) is 15.2. The number of nitrogens with one attached hydrogen (secondary N) is 1. The molecule has 2 heterocycles. The number of nitrogens with zero attached hydrogens (tertiary/aromatic N) is 4. The quantitative estimate of drug-likeness (QED) is 0.758. The minimum absolute atomic E-state index is 0.0227. The number of aromatic nitrogens is 4. The Balaban J connectivity index is 1.78. The number of benzene rings is 1. The van der Waals surface area contributed by atoms with E-state index in [2.05, 4.69) is 20.3 Å². The number of rotatable bonds is 5. The van der Waals surface area contributed by atoms with Gasteiger partial charge in [0.15, 0.2) is 0 Å². The maximum absolute atomic E-state index is 11.7. The molecule has 0 aliphatic carbocycles. The largest absolute Gasteiger partial charge is 0.439 e. The number of hydrogen-bond acceptors (Lipinski definition) is 5. The Morgan fingerprint density at radius 2 is 1.88 bits per heavy atom. The van der Waals surface area contributed by atoms with Crippen molar-refractivity contribution in [2.45, 2.75) is 27.7 Å². The third-order valence-electron chi connectivity index (χ3n) is 3.74. The minimum atomic E-state index is -0.0695. The summed E-state index contributed by atoms with van der Waals surface area (Å²) in [6.45, 7) is 7.42. The van der Waals surface area contributed by atoms with Crippen molar-refractivity contribution in [1.29, 1.82) is 0 Å². The topological polar surface area (TPSA) is 81.9 Å². The first kappa shape index (κ1) is 17.6. The average Bonchev–Trinajstić information content (AvgIpc) is 3.02. The van der Waals surface area contributed by atoms with Gasteiger partial charge in [-0.2, -0.15) is 4.98 Å². The van der Waals surface area contributed by atoms with Crippen molar-refractivity contribution >= 4 is 11.6 Å². The van der Waals surface area contributed by atoms with Crippen LogP contribution in [0.1, 0.15) is 25.5 Å². The van der Waals surface area contributed by atoms with Gasteiger partial charge in [-0.15, -0.1) is 0 Å². The van der Waals surface area contributed by atoms with Gasteiger partial charge in [0.25, 0.3) is 0 Å². The van der Waals surface area contributed by atoms with Crippen molar-refractivity contribution in [3.63, 3.8) is 0 Å². The number of aryl methyl sites for hydroxylation is 2. The van der Waals surface area contributed by atoms with E-state index in [0.29, 0.717) is 23.3 Å². The number of hydrogen-bond donors (Lipinski definition) is 1. The smallest absolute Gasteiger partial charge is 0.226 e. The fraction of sp³-hybridized carbons (Fsp3) is 0.263. The summed E-state index contributed by atoms with van der Waals surface area (Å²) in [6, 6.07) is 8.93. The van der Waals surface area contributed by atoms with Crippen molar-refractivity contribution in [3.8, 4) is 17.4 Å². The molecule has 7 nitrogen and oxygen atoms in total. The standard InChI is InChI=1S/C19H21N5O2/c1-12(2)19(25)23-15-5-7-16(8-6-15)26-18-11-17(21-13(3)22-18)24-10-9-20-14(24)4/h5-12H,1-4H3,(H,23,25). The van der Waals surface area contributed by atoms with Gasteiger partial charge in [0.05, 0.1) is 0 Å².